The highest BCUT2D eigenvalue weighted by molar-refractivity contribution is 5.94. The topological polar surface area (TPSA) is 41.1 Å². The predicted molar refractivity (Wildman–Crippen MR) is 82.4 cm³/mol. The molecule has 2 N–H and O–H groups in total. The van der Waals surface area contributed by atoms with Crippen molar-refractivity contribution in [3.05, 3.63) is 65.5 Å². The molecular formula is C17H17F3N2O. The van der Waals surface area contributed by atoms with Crippen LogP contribution >= 0.6 is 0 Å². The van der Waals surface area contributed by atoms with Crippen molar-refractivity contribution in [3.63, 3.8) is 0 Å². The maximum atomic E-state index is 13.7. The van der Waals surface area contributed by atoms with Crippen LogP contribution in [0, 0.1) is 17.5 Å². The molecule has 0 unspecified atom stereocenters. The number of rotatable bonds is 5. The number of carbonyl (C=O) groups is 1. The summed E-state index contributed by atoms with van der Waals surface area (Å²) in [7, 11) is 0. The van der Waals surface area contributed by atoms with E-state index in [1.807, 2.05) is 0 Å². The SMILES string of the molecule is C[C@H](N[C@@H](C)c1ccc(F)cc1F)C(=O)Nc1ccccc1F. The van der Waals surface area contributed by atoms with Crippen molar-refractivity contribution in [3.8, 4) is 0 Å². The summed E-state index contributed by atoms with van der Waals surface area (Å²) in [6.07, 6.45) is 0. The number of benzene rings is 2. The fourth-order valence-electron chi connectivity index (χ4n) is 2.20. The van der Waals surface area contributed by atoms with Crippen molar-refractivity contribution >= 4 is 11.6 Å². The Morgan fingerprint density at radius 2 is 1.70 bits per heavy atom. The molecule has 0 radical (unpaired) electrons. The van der Waals surface area contributed by atoms with Gasteiger partial charge in [-0.25, -0.2) is 13.2 Å². The minimum absolute atomic E-state index is 0.0757. The zero-order valence-corrected chi connectivity index (χ0v) is 12.7. The van der Waals surface area contributed by atoms with Crippen LogP contribution in [0.3, 0.4) is 0 Å². The maximum absolute atomic E-state index is 13.7. The molecule has 2 rings (SSSR count). The molecule has 0 aromatic heterocycles. The van der Waals surface area contributed by atoms with E-state index in [2.05, 4.69) is 10.6 Å². The van der Waals surface area contributed by atoms with Crippen LogP contribution in [0.5, 0.6) is 0 Å². The summed E-state index contributed by atoms with van der Waals surface area (Å²) in [5, 5.41) is 5.36. The Bertz CT molecular complexity index is 706. The molecule has 3 nitrogen and oxygen atoms in total. The minimum atomic E-state index is -0.700. The first-order chi connectivity index (χ1) is 10.9. The first kappa shape index (κ1) is 17.0. The van der Waals surface area contributed by atoms with Crippen LogP contribution in [0.1, 0.15) is 25.5 Å². The van der Waals surface area contributed by atoms with Crippen molar-refractivity contribution < 1.29 is 18.0 Å². The molecule has 23 heavy (non-hydrogen) atoms. The van der Waals surface area contributed by atoms with Crippen LogP contribution in [-0.2, 0) is 4.79 Å². The summed E-state index contributed by atoms with van der Waals surface area (Å²) >= 11 is 0. The second-order valence-corrected chi connectivity index (χ2v) is 5.24. The lowest BCUT2D eigenvalue weighted by Gasteiger charge is -2.20. The largest absolute Gasteiger partial charge is 0.322 e. The molecule has 0 saturated carbocycles. The van der Waals surface area contributed by atoms with E-state index >= 15 is 0 Å². The second-order valence-electron chi connectivity index (χ2n) is 5.24. The number of carbonyl (C=O) groups excluding carboxylic acids is 1. The Balaban J connectivity index is 2.01. The molecule has 122 valence electrons. The smallest absolute Gasteiger partial charge is 0.241 e. The lowest BCUT2D eigenvalue weighted by molar-refractivity contribution is -0.118. The molecule has 0 bridgehead atoms. The lowest BCUT2D eigenvalue weighted by atomic mass is 10.1. The van der Waals surface area contributed by atoms with E-state index in [9.17, 15) is 18.0 Å². The average molecular weight is 322 g/mol. The fraction of sp³-hybridized carbons (Fsp3) is 0.235. The lowest BCUT2D eigenvalue weighted by Crippen LogP contribution is -2.39. The molecule has 0 heterocycles. The molecule has 0 fully saturated rings. The highest BCUT2D eigenvalue weighted by Crippen LogP contribution is 2.19. The summed E-state index contributed by atoms with van der Waals surface area (Å²) < 4.78 is 40.2. The molecule has 0 aliphatic heterocycles. The summed E-state index contributed by atoms with van der Waals surface area (Å²) in [6.45, 7) is 3.23. The molecular weight excluding hydrogens is 305 g/mol. The maximum Gasteiger partial charge on any atom is 0.241 e. The van der Waals surface area contributed by atoms with Crippen LogP contribution in [0.2, 0.25) is 0 Å². The van der Waals surface area contributed by atoms with Crippen molar-refractivity contribution in [1.29, 1.82) is 0 Å². The molecule has 0 spiro atoms. The third kappa shape index (κ3) is 4.32. The minimum Gasteiger partial charge on any atom is -0.322 e. The Hall–Kier alpha value is -2.34. The van der Waals surface area contributed by atoms with Gasteiger partial charge in [-0.1, -0.05) is 18.2 Å². The van der Waals surface area contributed by atoms with Gasteiger partial charge in [0.25, 0.3) is 0 Å². The first-order valence-electron chi connectivity index (χ1n) is 7.15. The summed E-state index contributed by atoms with van der Waals surface area (Å²) in [4.78, 5) is 12.1. The zero-order chi connectivity index (χ0) is 17.0. The highest BCUT2D eigenvalue weighted by Gasteiger charge is 2.19. The quantitative estimate of drug-likeness (QED) is 0.879. The molecule has 1 amide bonds. The predicted octanol–water partition coefficient (Wildman–Crippen LogP) is 3.78. The fourth-order valence-corrected chi connectivity index (χ4v) is 2.20. The van der Waals surface area contributed by atoms with Gasteiger partial charge in [0, 0.05) is 17.7 Å². The summed E-state index contributed by atoms with van der Waals surface area (Å²) in [5.74, 6) is -2.34. The van der Waals surface area contributed by atoms with Crippen LogP contribution < -0.4 is 10.6 Å². The number of nitrogens with one attached hydrogen (secondary N) is 2. The van der Waals surface area contributed by atoms with Gasteiger partial charge >= 0.3 is 0 Å². The third-order valence-corrected chi connectivity index (χ3v) is 3.45. The van der Waals surface area contributed by atoms with Gasteiger partial charge in [-0.3, -0.25) is 10.1 Å². The van der Waals surface area contributed by atoms with Gasteiger partial charge in [0.2, 0.25) is 5.91 Å². The van der Waals surface area contributed by atoms with Crippen LogP contribution in [-0.4, -0.2) is 11.9 Å². The Morgan fingerprint density at radius 1 is 1.00 bits per heavy atom. The Labute approximate surface area is 132 Å². The van der Waals surface area contributed by atoms with E-state index in [0.717, 1.165) is 12.1 Å². The van der Waals surface area contributed by atoms with Gasteiger partial charge in [-0.05, 0) is 32.0 Å². The van der Waals surface area contributed by atoms with E-state index in [-0.39, 0.29) is 11.3 Å². The van der Waals surface area contributed by atoms with Crippen molar-refractivity contribution in [2.45, 2.75) is 25.9 Å². The van der Waals surface area contributed by atoms with Crippen LogP contribution in [0.25, 0.3) is 0 Å². The number of para-hydroxylation sites is 1. The zero-order valence-electron chi connectivity index (χ0n) is 12.7. The van der Waals surface area contributed by atoms with Gasteiger partial charge in [0.15, 0.2) is 0 Å². The number of hydrogen-bond donors (Lipinski definition) is 2. The molecule has 0 aliphatic carbocycles. The van der Waals surface area contributed by atoms with Crippen molar-refractivity contribution in [2.24, 2.45) is 0 Å². The molecule has 2 aromatic rings. The van der Waals surface area contributed by atoms with Crippen LogP contribution in [0.4, 0.5) is 18.9 Å². The third-order valence-electron chi connectivity index (χ3n) is 3.45. The highest BCUT2D eigenvalue weighted by atomic mass is 19.1. The summed E-state index contributed by atoms with van der Waals surface area (Å²) in [6, 6.07) is 7.86. The van der Waals surface area contributed by atoms with E-state index < -0.39 is 35.4 Å². The van der Waals surface area contributed by atoms with E-state index in [4.69, 9.17) is 0 Å². The van der Waals surface area contributed by atoms with Gasteiger partial charge in [0.1, 0.15) is 17.5 Å². The van der Waals surface area contributed by atoms with E-state index in [1.54, 1.807) is 19.9 Å². The van der Waals surface area contributed by atoms with Crippen molar-refractivity contribution in [2.75, 3.05) is 5.32 Å². The van der Waals surface area contributed by atoms with Gasteiger partial charge in [0.05, 0.1) is 11.7 Å². The average Bonchev–Trinajstić information content (AvgIpc) is 2.49. The standard InChI is InChI=1S/C17H17F3N2O/c1-10(13-8-7-12(18)9-15(13)20)21-11(2)17(23)22-16-6-4-3-5-14(16)19/h3-11,21H,1-2H3,(H,22,23)/t10-,11-/m0/s1. The second kappa shape index (κ2) is 7.28. The molecule has 2 aromatic carbocycles. The molecule has 0 aliphatic rings. The van der Waals surface area contributed by atoms with Gasteiger partial charge in [-0.2, -0.15) is 0 Å². The van der Waals surface area contributed by atoms with Crippen LogP contribution in [0.15, 0.2) is 42.5 Å². The van der Waals surface area contributed by atoms with E-state index in [0.29, 0.717) is 0 Å². The molecule has 0 saturated heterocycles. The number of amides is 1. The van der Waals surface area contributed by atoms with Crippen molar-refractivity contribution in [1.82, 2.24) is 5.32 Å². The normalized spacial score (nSPS) is 13.4. The molecule has 6 heteroatoms. The Morgan fingerprint density at radius 3 is 2.35 bits per heavy atom. The van der Waals surface area contributed by atoms with Gasteiger partial charge < -0.3 is 5.32 Å². The van der Waals surface area contributed by atoms with E-state index in [1.165, 1.54) is 24.3 Å². The van der Waals surface area contributed by atoms with Gasteiger partial charge in [-0.15, -0.1) is 0 Å². The first-order valence-corrected chi connectivity index (χ1v) is 7.15. The molecule has 2 atom stereocenters. The number of halogens is 3. The Kier molecular flexibility index (Phi) is 5.39. The number of anilines is 1. The number of hydrogen-bond acceptors (Lipinski definition) is 2. The summed E-state index contributed by atoms with van der Waals surface area (Å²) in [5.41, 5.74) is 0.323. The monoisotopic (exact) mass is 322 g/mol.